The molecule has 0 saturated carbocycles. The highest BCUT2D eigenvalue weighted by Gasteiger charge is 2.22. The van der Waals surface area contributed by atoms with Crippen LogP contribution in [0, 0.1) is 0 Å². The van der Waals surface area contributed by atoms with Crippen molar-refractivity contribution in [3.05, 3.63) is 46.6 Å². The largest absolute Gasteiger partial charge is 0.376 e. The van der Waals surface area contributed by atoms with E-state index in [1.807, 2.05) is 0 Å². The molecule has 126 valence electrons. The standard InChI is InChI=1S/C18H21N3O3/c22-18-2-1-8-21(18)11-16-19-17(24-20-16)6-4-13-3-5-14-7-9-23-12-15(14)10-13/h3,5,10H,1-2,4,6-9,11-12H2. The summed E-state index contributed by atoms with van der Waals surface area (Å²) in [4.78, 5) is 17.8. The molecule has 6 heteroatoms. The molecule has 1 aromatic carbocycles. The number of likely N-dealkylation sites (tertiary alicyclic amines) is 1. The lowest BCUT2D eigenvalue weighted by atomic mass is 9.98. The van der Waals surface area contributed by atoms with Crippen molar-refractivity contribution in [2.75, 3.05) is 13.2 Å². The molecule has 0 spiro atoms. The number of aryl methyl sites for hydroxylation is 2. The normalized spacial score (nSPS) is 17.3. The molecule has 3 heterocycles. The van der Waals surface area contributed by atoms with E-state index in [9.17, 15) is 4.79 Å². The predicted molar refractivity (Wildman–Crippen MR) is 86.2 cm³/mol. The topological polar surface area (TPSA) is 68.5 Å². The molecule has 1 fully saturated rings. The molecule has 2 aliphatic heterocycles. The quantitative estimate of drug-likeness (QED) is 0.841. The second kappa shape index (κ2) is 6.73. The fraction of sp³-hybridized carbons (Fsp3) is 0.500. The van der Waals surface area contributed by atoms with Gasteiger partial charge >= 0.3 is 0 Å². The highest BCUT2D eigenvalue weighted by Crippen LogP contribution is 2.19. The third-order valence-corrected chi connectivity index (χ3v) is 4.69. The summed E-state index contributed by atoms with van der Waals surface area (Å²) in [6, 6.07) is 6.59. The first kappa shape index (κ1) is 15.3. The molecule has 6 nitrogen and oxygen atoms in total. The maximum Gasteiger partial charge on any atom is 0.227 e. The summed E-state index contributed by atoms with van der Waals surface area (Å²) < 4.78 is 10.8. The predicted octanol–water partition coefficient (Wildman–Crippen LogP) is 2.05. The summed E-state index contributed by atoms with van der Waals surface area (Å²) in [7, 11) is 0. The smallest absolute Gasteiger partial charge is 0.227 e. The Morgan fingerprint density at radius 3 is 3.00 bits per heavy atom. The van der Waals surface area contributed by atoms with Crippen molar-refractivity contribution in [3.8, 4) is 0 Å². The number of aromatic nitrogens is 2. The summed E-state index contributed by atoms with van der Waals surface area (Å²) in [6.07, 6.45) is 4.12. The molecule has 0 N–H and O–H groups in total. The van der Waals surface area contributed by atoms with E-state index >= 15 is 0 Å². The first-order valence-corrected chi connectivity index (χ1v) is 8.55. The number of carbonyl (C=O) groups is 1. The fourth-order valence-electron chi connectivity index (χ4n) is 3.33. The number of hydrogen-bond donors (Lipinski definition) is 0. The van der Waals surface area contributed by atoms with Gasteiger partial charge in [0.25, 0.3) is 0 Å². The number of rotatable bonds is 5. The first-order chi connectivity index (χ1) is 11.8. The molecule has 0 atom stereocenters. The molecular formula is C18H21N3O3. The molecule has 0 bridgehead atoms. The number of ether oxygens (including phenoxy) is 1. The highest BCUT2D eigenvalue weighted by atomic mass is 16.5. The van der Waals surface area contributed by atoms with E-state index in [0.717, 1.165) is 32.4 Å². The van der Waals surface area contributed by atoms with Gasteiger partial charge < -0.3 is 14.2 Å². The lowest BCUT2D eigenvalue weighted by Crippen LogP contribution is -2.24. The molecule has 1 amide bonds. The van der Waals surface area contributed by atoms with Gasteiger partial charge in [-0.2, -0.15) is 4.98 Å². The summed E-state index contributed by atoms with van der Waals surface area (Å²) in [6.45, 7) is 2.77. The zero-order chi connectivity index (χ0) is 16.4. The average molecular weight is 327 g/mol. The minimum Gasteiger partial charge on any atom is -0.376 e. The minimum absolute atomic E-state index is 0.178. The zero-order valence-electron chi connectivity index (χ0n) is 13.7. The Hall–Kier alpha value is -2.21. The SMILES string of the molecule is O=C1CCCN1Cc1noc(CCc2ccc3c(c2)COCC3)n1. The molecule has 1 aromatic heterocycles. The van der Waals surface area contributed by atoms with Crippen LogP contribution < -0.4 is 0 Å². The Bertz CT molecular complexity index is 741. The maximum absolute atomic E-state index is 11.6. The van der Waals surface area contributed by atoms with Crippen molar-refractivity contribution in [1.82, 2.24) is 15.0 Å². The number of carbonyl (C=O) groups excluding carboxylic acids is 1. The molecule has 2 aromatic rings. The first-order valence-electron chi connectivity index (χ1n) is 8.55. The molecule has 2 aliphatic rings. The van der Waals surface area contributed by atoms with Gasteiger partial charge in [0, 0.05) is 19.4 Å². The van der Waals surface area contributed by atoms with Gasteiger partial charge in [0.2, 0.25) is 11.8 Å². The van der Waals surface area contributed by atoms with Crippen LogP contribution in [0.1, 0.15) is 41.2 Å². The van der Waals surface area contributed by atoms with Crippen LogP contribution in [0.2, 0.25) is 0 Å². The Balaban J connectivity index is 1.35. The summed E-state index contributed by atoms with van der Waals surface area (Å²) in [5, 5.41) is 4.00. The van der Waals surface area contributed by atoms with Gasteiger partial charge in [0.15, 0.2) is 5.82 Å². The fourth-order valence-corrected chi connectivity index (χ4v) is 3.33. The van der Waals surface area contributed by atoms with Gasteiger partial charge in [-0.05, 0) is 36.0 Å². The molecule has 4 rings (SSSR count). The van der Waals surface area contributed by atoms with E-state index in [1.54, 1.807) is 4.90 Å². The summed E-state index contributed by atoms with van der Waals surface area (Å²) in [5.74, 6) is 1.40. The average Bonchev–Trinajstić information content (AvgIpc) is 3.22. The third-order valence-electron chi connectivity index (χ3n) is 4.69. The van der Waals surface area contributed by atoms with Gasteiger partial charge in [0.05, 0.1) is 19.8 Å². The van der Waals surface area contributed by atoms with Gasteiger partial charge in [-0.1, -0.05) is 23.4 Å². The lowest BCUT2D eigenvalue weighted by Gasteiger charge is -2.17. The second-order valence-corrected chi connectivity index (χ2v) is 6.43. The minimum atomic E-state index is 0.178. The number of benzene rings is 1. The van der Waals surface area contributed by atoms with E-state index in [-0.39, 0.29) is 5.91 Å². The maximum atomic E-state index is 11.6. The van der Waals surface area contributed by atoms with Crippen molar-refractivity contribution >= 4 is 5.91 Å². The Morgan fingerprint density at radius 2 is 2.12 bits per heavy atom. The monoisotopic (exact) mass is 327 g/mol. The molecule has 0 radical (unpaired) electrons. The van der Waals surface area contributed by atoms with Crippen LogP contribution in [0.5, 0.6) is 0 Å². The summed E-state index contributed by atoms with van der Waals surface area (Å²) >= 11 is 0. The van der Waals surface area contributed by atoms with Crippen LogP contribution in [0.3, 0.4) is 0 Å². The van der Waals surface area contributed by atoms with E-state index in [4.69, 9.17) is 9.26 Å². The number of hydrogen-bond acceptors (Lipinski definition) is 5. The van der Waals surface area contributed by atoms with Gasteiger partial charge in [-0.15, -0.1) is 0 Å². The number of amides is 1. The van der Waals surface area contributed by atoms with Crippen LogP contribution in [0.25, 0.3) is 0 Å². The lowest BCUT2D eigenvalue weighted by molar-refractivity contribution is -0.128. The Kier molecular flexibility index (Phi) is 4.30. The highest BCUT2D eigenvalue weighted by molar-refractivity contribution is 5.77. The Labute approximate surface area is 140 Å². The van der Waals surface area contributed by atoms with Gasteiger partial charge in [-0.25, -0.2) is 0 Å². The van der Waals surface area contributed by atoms with Crippen LogP contribution in [-0.2, 0) is 41.9 Å². The second-order valence-electron chi connectivity index (χ2n) is 6.43. The number of nitrogens with zero attached hydrogens (tertiary/aromatic N) is 3. The zero-order valence-corrected chi connectivity index (χ0v) is 13.7. The van der Waals surface area contributed by atoms with Gasteiger partial charge in [-0.3, -0.25) is 4.79 Å². The van der Waals surface area contributed by atoms with Crippen molar-refractivity contribution in [1.29, 1.82) is 0 Å². The van der Waals surface area contributed by atoms with Crippen LogP contribution in [0.4, 0.5) is 0 Å². The van der Waals surface area contributed by atoms with Crippen LogP contribution in [0.15, 0.2) is 22.7 Å². The number of fused-ring (bicyclic) bond motifs is 1. The molecule has 1 saturated heterocycles. The van der Waals surface area contributed by atoms with E-state index in [1.165, 1.54) is 16.7 Å². The summed E-state index contributed by atoms with van der Waals surface area (Å²) in [5.41, 5.74) is 3.94. The van der Waals surface area contributed by atoms with E-state index < -0.39 is 0 Å². The molecular weight excluding hydrogens is 306 g/mol. The van der Waals surface area contributed by atoms with Crippen molar-refractivity contribution < 1.29 is 14.1 Å². The molecule has 24 heavy (non-hydrogen) atoms. The van der Waals surface area contributed by atoms with Crippen LogP contribution in [-0.4, -0.2) is 34.1 Å². The van der Waals surface area contributed by atoms with Gasteiger partial charge in [0.1, 0.15) is 0 Å². The van der Waals surface area contributed by atoms with Crippen molar-refractivity contribution in [2.24, 2.45) is 0 Å². The van der Waals surface area contributed by atoms with E-state index in [0.29, 0.717) is 37.7 Å². The molecule has 0 aliphatic carbocycles. The molecule has 0 unspecified atom stereocenters. The van der Waals surface area contributed by atoms with E-state index in [2.05, 4.69) is 28.3 Å². The van der Waals surface area contributed by atoms with Crippen LogP contribution >= 0.6 is 0 Å². The van der Waals surface area contributed by atoms with Crippen molar-refractivity contribution in [2.45, 2.75) is 45.3 Å². The Morgan fingerprint density at radius 1 is 1.17 bits per heavy atom. The van der Waals surface area contributed by atoms with Crippen molar-refractivity contribution in [3.63, 3.8) is 0 Å². The third kappa shape index (κ3) is 3.33.